The van der Waals surface area contributed by atoms with E-state index in [-0.39, 0.29) is 17.8 Å². The highest BCUT2D eigenvalue weighted by atomic mass is 16.2. The molecule has 0 atom stereocenters. The zero-order valence-corrected chi connectivity index (χ0v) is 15.5. The van der Waals surface area contributed by atoms with Crippen molar-refractivity contribution >= 4 is 35.3 Å². The Labute approximate surface area is 163 Å². The van der Waals surface area contributed by atoms with Gasteiger partial charge in [0.05, 0.1) is 0 Å². The average molecular weight is 378 g/mol. The molecule has 28 heavy (non-hydrogen) atoms. The van der Waals surface area contributed by atoms with Crippen LogP contribution in [0.25, 0.3) is 6.08 Å². The molecule has 2 aromatic rings. The van der Waals surface area contributed by atoms with Crippen molar-refractivity contribution in [2.24, 2.45) is 0 Å². The summed E-state index contributed by atoms with van der Waals surface area (Å²) in [4.78, 5) is 35.4. The first-order valence-electron chi connectivity index (χ1n) is 9.02. The predicted octanol–water partition coefficient (Wildman–Crippen LogP) is 2.98. The Morgan fingerprint density at radius 1 is 0.964 bits per heavy atom. The van der Waals surface area contributed by atoms with E-state index in [1.165, 1.54) is 13.1 Å². The van der Waals surface area contributed by atoms with E-state index >= 15 is 0 Å². The largest absolute Gasteiger partial charge is 0.349 e. The van der Waals surface area contributed by atoms with Crippen molar-refractivity contribution in [3.8, 4) is 0 Å². The highest BCUT2D eigenvalue weighted by molar-refractivity contribution is 6.02. The molecule has 3 rings (SSSR count). The van der Waals surface area contributed by atoms with E-state index in [2.05, 4.69) is 21.3 Å². The topological polar surface area (TPSA) is 99.3 Å². The molecule has 1 fully saturated rings. The predicted molar refractivity (Wildman–Crippen MR) is 109 cm³/mol. The molecule has 0 heterocycles. The van der Waals surface area contributed by atoms with E-state index < -0.39 is 0 Å². The minimum atomic E-state index is -0.336. The Morgan fingerprint density at radius 3 is 2.29 bits per heavy atom. The molecule has 1 aliphatic carbocycles. The zero-order chi connectivity index (χ0) is 19.9. The fourth-order valence-corrected chi connectivity index (χ4v) is 2.47. The number of rotatable bonds is 6. The Morgan fingerprint density at radius 2 is 1.64 bits per heavy atom. The summed E-state index contributed by atoms with van der Waals surface area (Å²) in [6.45, 7) is 0. The van der Waals surface area contributed by atoms with Gasteiger partial charge in [-0.25, -0.2) is 4.79 Å². The zero-order valence-electron chi connectivity index (χ0n) is 15.5. The lowest BCUT2D eigenvalue weighted by Crippen LogP contribution is -2.25. The molecule has 0 radical (unpaired) electrons. The lowest BCUT2D eigenvalue weighted by molar-refractivity contribution is -0.111. The molecule has 0 aliphatic heterocycles. The van der Waals surface area contributed by atoms with Crippen LogP contribution in [-0.2, 0) is 4.79 Å². The van der Waals surface area contributed by atoms with Gasteiger partial charge in [0.1, 0.15) is 0 Å². The van der Waals surface area contributed by atoms with Crippen LogP contribution < -0.4 is 21.3 Å². The molecule has 2 aromatic carbocycles. The standard InChI is InChI=1S/C21H22N4O3/c1-22-21(28)25-18-4-2-3-17(13-18)23-19(26)12-7-14-5-8-15(9-6-14)20(27)24-16-10-11-16/h2-9,12-13,16H,10-11H2,1H3,(H,23,26)(H,24,27)(H2,22,25,28)/b12-7+. The van der Waals surface area contributed by atoms with E-state index in [1.807, 2.05) is 0 Å². The first-order chi connectivity index (χ1) is 13.5. The van der Waals surface area contributed by atoms with Crippen LogP contribution in [0.3, 0.4) is 0 Å². The van der Waals surface area contributed by atoms with Crippen LogP contribution >= 0.6 is 0 Å². The molecular formula is C21H22N4O3. The van der Waals surface area contributed by atoms with Gasteiger partial charge in [0.15, 0.2) is 0 Å². The van der Waals surface area contributed by atoms with E-state index in [9.17, 15) is 14.4 Å². The third-order valence-electron chi connectivity index (χ3n) is 4.13. The van der Waals surface area contributed by atoms with Crippen molar-refractivity contribution < 1.29 is 14.4 Å². The summed E-state index contributed by atoms with van der Waals surface area (Å²) < 4.78 is 0. The van der Waals surface area contributed by atoms with Crippen molar-refractivity contribution in [1.82, 2.24) is 10.6 Å². The molecule has 144 valence electrons. The van der Waals surface area contributed by atoms with Crippen LogP contribution in [0, 0.1) is 0 Å². The number of anilines is 2. The van der Waals surface area contributed by atoms with Gasteiger partial charge in [-0.15, -0.1) is 0 Å². The average Bonchev–Trinajstić information content (AvgIpc) is 3.51. The van der Waals surface area contributed by atoms with Gasteiger partial charge in [0.2, 0.25) is 5.91 Å². The quantitative estimate of drug-likeness (QED) is 0.582. The molecule has 7 nitrogen and oxygen atoms in total. The summed E-state index contributed by atoms with van der Waals surface area (Å²) in [7, 11) is 1.53. The third-order valence-corrected chi connectivity index (χ3v) is 4.13. The van der Waals surface area contributed by atoms with Crippen LogP contribution in [0.2, 0.25) is 0 Å². The molecule has 0 unspecified atom stereocenters. The first kappa shape index (κ1) is 19.2. The van der Waals surface area contributed by atoms with Crippen molar-refractivity contribution in [1.29, 1.82) is 0 Å². The number of urea groups is 1. The lowest BCUT2D eigenvalue weighted by Gasteiger charge is -2.07. The summed E-state index contributed by atoms with van der Waals surface area (Å²) in [6, 6.07) is 13.9. The fraction of sp³-hybridized carbons (Fsp3) is 0.190. The van der Waals surface area contributed by atoms with Crippen LogP contribution in [0.1, 0.15) is 28.8 Å². The normalized spacial score (nSPS) is 13.0. The van der Waals surface area contributed by atoms with Crippen LogP contribution in [0.15, 0.2) is 54.6 Å². The lowest BCUT2D eigenvalue weighted by atomic mass is 10.1. The fourth-order valence-electron chi connectivity index (χ4n) is 2.47. The minimum absolute atomic E-state index is 0.0685. The molecule has 4 N–H and O–H groups in total. The number of hydrogen-bond donors (Lipinski definition) is 4. The number of nitrogens with one attached hydrogen (secondary N) is 4. The molecule has 1 aliphatic rings. The second kappa shape index (κ2) is 8.85. The van der Waals surface area contributed by atoms with Gasteiger partial charge in [-0.3, -0.25) is 9.59 Å². The van der Waals surface area contributed by atoms with Gasteiger partial charge in [-0.05, 0) is 54.8 Å². The maximum atomic E-state index is 12.1. The molecule has 4 amide bonds. The molecular weight excluding hydrogens is 356 g/mol. The second-order valence-corrected chi connectivity index (χ2v) is 6.48. The first-order valence-corrected chi connectivity index (χ1v) is 9.02. The van der Waals surface area contributed by atoms with Gasteiger partial charge in [-0.1, -0.05) is 18.2 Å². The molecule has 7 heteroatoms. The smallest absolute Gasteiger partial charge is 0.318 e. The van der Waals surface area contributed by atoms with E-state index in [0.29, 0.717) is 23.0 Å². The van der Waals surface area contributed by atoms with Gasteiger partial charge >= 0.3 is 6.03 Å². The number of amides is 4. The third kappa shape index (κ3) is 5.70. The van der Waals surface area contributed by atoms with Gasteiger partial charge in [-0.2, -0.15) is 0 Å². The van der Waals surface area contributed by atoms with Crippen molar-refractivity contribution in [3.05, 3.63) is 65.7 Å². The Balaban J connectivity index is 1.55. The molecule has 0 aromatic heterocycles. The van der Waals surface area contributed by atoms with Gasteiger partial charge < -0.3 is 21.3 Å². The molecule has 0 bridgehead atoms. The van der Waals surface area contributed by atoms with Crippen molar-refractivity contribution in [2.75, 3.05) is 17.7 Å². The number of carbonyl (C=O) groups is 3. The van der Waals surface area contributed by atoms with Crippen LogP contribution in [-0.4, -0.2) is 30.9 Å². The van der Waals surface area contributed by atoms with Gasteiger partial charge in [0, 0.05) is 36.1 Å². The van der Waals surface area contributed by atoms with Crippen molar-refractivity contribution in [3.63, 3.8) is 0 Å². The maximum Gasteiger partial charge on any atom is 0.318 e. The second-order valence-electron chi connectivity index (χ2n) is 6.48. The van der Waals surface area contributed by atoms with E-state index in [0.717, 1.165) is 18.4 Å². The minimum Gasteiger partial charge on any atom is -0.349 e. The number of carbonyl (C=O) groups excluding carboxylic acids is 3. The summed E-state index contributed by atoms with van der Waals surface area (Å²) in [5.74, 6) is -0.367. The summed E-state index contributed by atoms with van der Waals surface area (Å²) >= 11 is 0. The van der Waals surface area contributed by atoms with Crippen molar-refractivity contribution in [2.45, 2.75) is 18.9 Å². The maximum absolute atomic E-state index is 12.1. The highest BCUT2D eigenvalue weighted by Gasteiger charge is 2.23. The number of hydrogen-bond acceptors (Lipinski definition) is 3. The Bertz CT molecular complexity index is 902. The van der Waals surface area contributed by atoms with Gasteiger partial charge in [0.25, 0.3) is 5.91 Å². The monoisotopic (exact) mass is 378 g/mol. The summed E-state index contributed by atoms with van der Waals surface area (Å²) in [5, 5.41) is 10.8. The molecule has 1 saturated carbocycles. The summed E-state index contributed by atoms with van der Waals surface area (Å²) in [5.41, 5.74) is 2.55. The highest BCUT2D eigenvalue weighted by Crippen LogP contribution is 2.19. The van der Waals surface area contributed by atoms with Crippen LogP contribution in [0.5, 0.6) is 0 Å². The van der Waals surface area contributed by atoms with E-state index in [4.69, 9.17) is 0 Å². The van der Waals surface area contributed by atoms with Crippen LogP contribution in [0.4, 0.5) is 16.2 Å². The Kier molecular flexibility index (Phi) is 6.06. The van der Waals surface area contributed by atoms with E-state index in [1.54, 1.807) is 54.6 Å². The SMILES string of the molecule is CNC(=O)Nc1cccc(NC(=O)/C=C/c2ccc(C(=O)NC3CC3)cc2)c1. The number of benzene rings is 2. The molecule has 0 saturated heterocycles. The molecule has 0 spiro atoms. The summed E-state index contributed by atoms with van der Waals surface area (Å²) in [6.07, 6.45) is 5.18. The Hall–Kier alpha value is -3.61.